The molecule has 0 heterocycles. The second-order valence-electron chi connectivity index (χ2n) is 2.67. The number of carbonyl (C=O) groups is 1. The van der Waals surface area contributed by atoms with Gasteiger partial charge in [0, 0.05) is 12.1 Å². The highest BCUT2D eigenvalue weighted by atomic mass is 35.5. The fourth-order valence-corrected chi connectivity index (χ4v) is 1.07. The Morgan fingerprint density at radius 3 is 2.75 bits per heavy atom. The lowest BCUT2D eigenvalue weighted by Crippen LogP contribution is -2.10. The molecule has 1 aromatic carbocycles. The molecule has 0 aliphatic heterocycles. The van der Waals surface area contributed by atoms with Gasteiger partial charge in [-0.15, -0.1) is 0 Å². The first kappa shape index (κ1) is 12.2. The number of benzene rings is 1. The number of hydrogen-bond acceptors (Lipinski definition) is 4. The predicted molar refractivity (Wildman–Crippen MR) is 51.2 cm³/mol. The van der Waals surface area contributed by atoms with Gasteiger partial charge < -0.3 is 9.84 Å². The zero-order valence-electron chi connectivity index (χ0n) is 7.65. The minimum atomic E-state index is -1.33. The number of carboxylic acids is 1. The highest BCUT2D eigenvalue weighted by molar-refractivity contribution is 6.31. The summed E-state index contributed by atoms with van der Waals surface area (Å²) < 4.78 is 17.5. The van der Waals surface area contributed by atoms with Crippen molar-refractivity contribution in [2.75, 3.05) is 6.61 Å². The largest absolute Gasteiger partial charge is 0.479 e. The zero-order chi connectivity index (χ0) is 12.3. The maximum Gasteiger partial charge on any atom is 0.341 e. The van der Waals surface area contributed by atoms with E-state index in [1.54, 1.807) is 0 Å². The maximum absolute atomic E-state index is 13.0. The first-order valence-electron chi connectivity index (χ1n) is 3.90. The molecule has 0 unspecified atom stereocenters. The van der Waals surface area contributed by atoms with E-state index < -0.39 is 39.8 Å². The summed E-state index contributed by atoms with van der Waals surface area (Å²) in [5.41, 5.74) is -0.590. The van der Waals surface area contributed by atoms with E-state index in [1.165, 1.54) is 0 Å². The molecular weight excluding hydrogens is 245 g/mol. The number of carboxylic acid groups (broad SMARTS) is 1. The molecule has 8 heteroatoms. The number of hydrogen-bond donors (Lipinski definition) is 1. The highest BCUT2D eigenvalue weighted by Crippen LogP contribution is 2.32. The molecule has 0 aromatic heterocycles. The molecule has 0 radical (unpaired) electrons. The number of ether oxygens (including phenoxy) is 1. The van der Waals surface area contributed by atoms with Gasteiger partial charge in [0.05, 0.1) is 9.95 Å². The van der Waals surface area contributed by atoms with Crippen molar-refractivity contribution in [2.45, 2.75) is 0 Å². The van der Waals surface area contributed by atoms with Crippen LogP contribution in [0.3, 0.4) is 0 Å². The van der Waals surface area contributed by atoms with Gasteiger partial charge in [-0.3, -0.25) is 10.1 Å². The third-order valence-corrected chi connectivity index (χ3v) is 1.84. The molecule has 6 nitrogen and oxygen atoms in total. The summed E-state index contributed by atoms with van der Waals surface area (Å²) in [6.07, 6.45) is 0. The van der Waals surface area contributed by atoms with Crippen LogP contribution in [0.1, 0.15) is 0 Å². The van der Waals surface area contributed by atoms with Crippen LogP contribution in [-0.4, -0.2) is 22.6 Å². The van der Waals surface area contributed by atoms with Gasteiger partial charge in [0.25, 0.3) is 0 Å². The van der Waals surface area contributed by atoms with Crippen LogP contribution in [0, 0.1) is 15.9 Å². The molecule has 0 amide bonds. The van der Waals surface area contributed by atoms with Gasteiger partial charge in [0.1, 0.15) is 5.82 Å². The first-order valence-corrected chi connectivity index (χ1v) is 4.27. The van der Waals surface area contributed by atoms with Crippen LogP contribution >= 0.6 is 11.6 Å². The van der Waals surface area contributed by atoms with Crippen molar-refractivity contribution in [1.82, 2.24) is 0 Å². The number of nitro groups is 1. The van der Waals surface area contributed by atoms with E-state index in [-0.39, 0.29) is 0 Å². The van der Waals surface area contributed by atoms with Gasteiger partial charge in [-0.2, -0.15) is 0 Å². The number of aliphatic carboxylic acids is 1. The Bertz CT molecular complexity index is 450. The number of rotatable bonds is 4. The molecule has 0 saturated carbocycles. The number of nitro benzene ring substituents is 1. The van der Waals surface area contributed by atoms with E-state index in [4.69, 9.17) is 16.7 Å². The van der Waals surface area contributed by atoms with Crippen molar-refractivity contribution in [3.63, 3.8) is 0 Å². The Morgan fingerprint density at radius 1 is 1.62 bits per heavy atom. The van der Waals surface area contributed by atoms with Gasteiger partial charge in [-0.1, -0.05) is 11.6 Å². The number of nitrogens with zero attached hydrogens (tertiary/aromatic N) is 1. The quantitative estimate of drug-likeness (QED) is 0.650. The Labute approximate surface area is 93.4 Å². The summed E-state index contributed by atoms with van der Waals surface area (Å²) in [6.45, 7) is -0.804. The molecule has 0 aliphatic carbocycles. The summed E-state index contributed by atoms with van der Waals surface area (Å²) in [5.74, 6) is -2.73. The molecule has 0 atom stereocenters. The van der Waals surface area contributed by atoms with E-state index in [0.717, 1.165) is 6.07 Å². The Hall–Kier alpha value is -1.89. The summed E-state index contributed by atoms with van der Waals surface area (Å²) >= 11 is 5.34. The lowest BCUT2D eigenvalue weighted by Gasteiger charge is -2.04. The van der Waals surface area contributed by atoms with Crippen LogP contribution < -0.4 is 4.74 Å². The van der Waals surface area contributed by atoms with E-state index in [0.29, 0.717) is 6.07 Å². The van der Waals surface area contributed by atoms with Crippen molar-refractivity contribution in [3.05, 3.63) is 33.1 Å². The molecule has 16 heavy (non-hydrogen) atoms. The van der Waals surface area contributed by atoms with Crippen LogP contribution in [0.15, 0.2) is 12.1 Å². The number of halogens is 2. The van der Waals surface area contributed by atoms with Crippen LogP contribution in [0.25, 0.3) is 0 Å². The molecule has 1 rings (SSSR count). The summed E-state index contributed by atoms with van der Waals surface area (Å²) in [4.78, 5) is 19.9. The zero-order valence-corrected chi connectivity index (χ0v) is 8.40. The third-order valence-electron chi connectivity index (χ3n) is 1.55. The fraction of sp³-hybridized carbons (Fsp3) is 0.125. The molecule has 86 valence electrons. The molecule has 1 N–H and O–H groups in total. The second kappa shape index (κ2) is 4.75. The maximum atomic E-state index is 13.0. The lowest BCUT2D eigenvalue weighted by atomic mass is 10.3. The molecule has 0 fully saturated rings. The molecule has 0 bridgehead atoms. The van der Waals surface area contributed by atoms with Crippen LogP contribution in [-0.2, 0) is 4.79 Å². The highest BCUT2D eigenvalue weighted by Gasteiger charge is 2.19. The average Bonchev–Trinajstić information content (AvgIpc) is 2.18. The molecule has 0 aliphatic rings. The summed E-state index contributed by atoms with van der Waals surface area (Å²) in [6, 6.07) is 1.43. The van der Waals surface area contributed by atoms with Gasteiger partial charge >= 0.3 is 11.7 Å². The van der Waals surface area contributed by atoms with Crippen molar-refractivity contribution in [1.29, 1.82) is 0 Å². The lowest BCUT2D eigenvalue weighted by molar-refractivity contribution is -0.385. The molecule has 1 aromatic rings. The van der Waals surface area contributed by atoms with Gasteiger partial charge in [-0.25, -0.2) is 9.18 Å². The molecule has 0 saturated heterocycles. The normalized spacial score (nSPS) is 9.88. The predicted octanol–water partition coefficient (Wildman–Crippen LogP) is 1.85. The van der Waals surface area contributed by atoms with Gasteiger partial charge in [-0.05, 0) is 0 Å². The monoisotopic (exact) mass is 249 g/mol. The first-order chi connectivity index (χ1) is 7.41. The fourth-order valence-electron chi connectivity index (χ4n) is 0.916. The summed E-state index contributed by atoms with van der Waals surface area (Å²) in [7, 11) is 0. The smallest absolute Gasteiger partial charge is 0.341 e. The minimum absolute atomic E-state index is 0.436. The van der Waals surface area contributed by atoms with Crippen LogP contribution in [0.4, 0.5) is 10.1 Å². The van der Waals surface area contributed by atoms with Crippen molar-refractivity contribution < 1.29 is 24.0 Å². The Balaban J connectivity index is 3.09. The summed E-state index contributed by atoms with van der Waals surface area (Å²) in [5, 5.41) is 18.4. The van der Waals surface area contributed by atoms with Crippen molar-refractivity contribution in [2.24, 2.45) is 0 Å². The standard InChI is InChI=1S/C8H5ClFNO5/c9-4-1-6(11(14)15)7(2-5(4)10)16-3-8(12)13/h1-2H,3H2,(H,12,13). The Morgan fingerprint density at radius 2 is 2.25 bits per heavy atom. The second-order valence-corrected chi connectivity index (χ2v) is 3.08. The Kier molecular flexibility index (Phi) is 3.62. The van der Waals surface area contributed by atoms with E-state index >= 15 is 0 Å². The van der Waals surface area contributed by atoms with Gasteiger partial charge in [0.15, 0.2) is 6.61 Å². The van der Waals surface area contributed by atoms with Crippen molar-refractivity contribution in [3.8, 4) is 5.75 Å². The topological polar surface area (TPSA) is 89.7 Å². The average molecular weight is 250 g/mol. The minimum Gasteiger partial charge on any atom is -0.479 e. The SMILES string of the molecule is O=C(O)COc1cc(F)c(Cl)cc1[N+](=O)[O-]. The molecule has 0 spiro atoms. The molecular formula is C8H5ClFNO5. The van der Waals surface area contributed by atoms with E-state index in [1.807, 2.05) is 0 Å². The van der Waals surface area contributed by atoms with Gasteiger partial charge in [0.2, 0.25) is 5.75 Å². The third kappa shape index (κ3) is 2.80. The van der Waals surface area contributed by atoms with Crippen LogP contribution in [0.2, 0.25) is 5.02 Å². The van der Waals surface area contributed by atoms with E-state index in [9.17, 15) is 19.3 Å². The van der Waals surface area contributed by atoms with Crippen LogP contribution in [0.5, 0.6) is 5.75 Å². The van der Waals surface area contributed by atoms with Crippen molar-refractivity contribution >= 4 is 23.3 Å². The van der Waals surface area contributed by atoms with E-state index in [2.05, 4.69) is 4.74 Å².